The van der Waals surface area contributed by atoms with E-state index in [1.54, 1.807) is 48.6 Å². The van der Waals surface area contributed by atoms with Gasteiger partial charge in [0.2, 0.25) is 12.7 Å². The normalized spacial score (nSPS) is 11.9. The molecule has 1 aromatic heterocycles. The van der Waals surface area contributed by atoms with Crippen molar-refractivity contribution in [2.45, 2.75) is 13.1 Å². The largest absolute Gasteiger partial charge is 0.467 e. The Labute approximate surface area is 192 Å². The van der Waals surface area contributed by atoms with Gasteiger partial charge in [-0.3, -0.25) is 9.59 Å². The van der Waals surface area contributed by atoms with E-state index in [0.717, 1.165) is 5.56 Å². The van der Waals surface area contributed by atoms with Crippen molar-refractivity contribution in [3.05, 3.63) is 83.8 Å². The molecule has 2 amide bonds. The number of hydrogen-bond acceptors (Lipinski definition) is 6. The van der Waals surface area contributed by atoms with Crippen molar-refractivity contribution < 1.29 is 28.2 Å². The van der Waals surface area contributed by atoms with E-state index >= 15 is 0 Å². The lowest BCUT2D eigenvalue weighted by Gasteiger charge is -2.27. The fourth-order valence-electron chi connectivity index (χ4n) is 3.56. The third-order valence-corrected chi connectivity index (χ3v) is 5.29. The molecule has 0 N–H and O–H groups in total. The summed E-state index contributed by atoms with van der Waals surface area (Å²) < 4.78 is 21.5. The van der Waals surface area contributed by atoms with Crippen LogP contribution in [0.1, 0.15) is 21.7 Å². The van der Waals surface area contributed by atoms with E-state index in [1.165, 1.54) is 4.90 Å². The molecule has 2 heterocycles. The average molecular weight is 450 g/mol. The first-order chi connectivity index (χ1) is 16.1. The molecule has 172 valence electrons. The zero-order valence-corrected chi connectivity index (χ0v) is 18.4. The number of methoxy groups -OCH3 is 1. The minimum absolute atomic E-state index is 0.0810. The molecule has 0 radical (unpaired) electrons. The van der Waals surface area contributed by atoms with E-state index in [-0.39, 0.29) is 31.7 Å². The molecule has 8 nitrogen and oxygen atoms in total. The highest BCUT2D eigenvalue weighted by Crippen LogP contribution is 2.33. The fraction of sp³-hybridized carbons (Fsp3) is 0.280. The molecule has 4 rings (SSSR count). The Morgan fingerprint density at radius 3 is 2.52 bits per heavy atom. The monoisotopic (exact) mass is 450 g/mol. The molecule has 0 atom stereocenters. The summed E-state index contributed by atoms with van der Waals surface area (Å²) in [6.07, 6.45) is 1.57. The molecule has 0 unspecified atom stereocenters. The van der Waals surface area contributed by atoms with Gasteiger partial charge in [-0.1, -0.05) is 24.3 Å². The first-order valence-electron chi connectivity index (χ1n) is 10.7. The Morgan fingerprint density at radius 2 is 1.76 bits per heavy atom. The molecule has 0 saturated heterocycles. The van der Waals surface area contributed by atoms with Gasteiger partial charge in [-0.25, -0.2) is 0 Å². The molecular formula is C25H26N2O6. The quantitative estimate of drug-likeness (QED) is 0.471. The predicted octanol–water partition coefficient (Wildman–Crippen LogP) is 3.33. The summed E-state index contributed by atoms with van der Waals surface area (Å²) in [5.74, 6) is 1.56. The predicted molar refractivity (Wildman–Crippen MR) is 120 cm³/mol. The number of rotatable bonds is 10. The van der Waals surface area contributed by atoms with Crippen molar-refractivity contribution in [2.24, 2.45) is 0 Å². The van der Waals surface area contributed by atoms with Crippen LogP contribution >= 0.6 is 0 Å². The maximum absolute atomic E-state index is 13.4. The SMILES string of the molecule is COCCN(CC(=O)N(Cc1ccc2c(c1)OCO2)Cc1ccco1)C(=O)c1ccccc1. The van der Waals surface area contributed by atoms with Crippen LogP contribution in [-0.4, -0.2) is 55.2 Å². The van der Waals surface area contributed by atoms with Gasteiger partial charge in [0.25, 0.3) is 5.91 Å². The van der Waals surface area contributed by atoms with Crippen LogP contribution in [0, 0.1) is 0 Å². The number of carbonyl (C=O) groups excluding carboxylic acids is 2. The summed E-state index contributed by atoms with van der Waals surface area (Å²) in [4.78, 5) is 29.6. The fourth-order valence-corrected chi connectivity index (χ4v) is 3.56. The highest BCUT2D eigenvalue weighted by atomic mass is 16.7. The molecule has 8 heteroatoms. The van der Waals surface area contributed by atoms with Crippen LogP contribution in [0.3, 0.4) is 0 Å². The first-order valence-corrected chi connectivity index (χ1v) is 10.7. The second-order valence-electron chi connectivity index (χ2n) is 7.60. The molecule has 0 fully saturated rings. The molecule has 0 aliphatic carbocycles. The number of hydrogen-bond donors (Lipinski definition) is 0. The average Bonchev–Trinajstić information content (AvgIpc) is 3.53. The van der Waals surface area contributed by atoms with E-state index in [0.29, 0.717) is 42.5 Å². The van der Waals surface area contributed by atoms with E-state index < -0.39 is 0 Å². The smallest absolute Gasteiger partial charge is 0.254 e. The van der Waals surface area contributed by atoms with Crippen LogP contribution in [0.5, 0.6) is 11.5 Å². The standard InChI is InChI=1S/C25H26N2O6/c1-30-13-11-26(25(29)20-6-3-2-4-7-20)17-24(28)27(16-21-8-5-12-31-21)15-19-9-10-22-23(14-19)33-18-32-22/h2-10,12,14H,11,13,15-18H2,1H3. The summed E-state index contributed by atoms with van der Waals surface area (Å²) in [7, 11) is 1.57. The van der Waals surface area contributed by atoms with Gasteiger partial charge in [-0.15, -0.1) is 0 Å². The zero-order valence-electron chi connectivity index (χ0n) is 18.4. The zero-order chi connectivity index (χ0) is 23.0. The number of fused-ring (bicyclic) bond motifs is 1. The Morgan fingerprint density at radius 1 is 0.939 bits per heavy atom. The molecule has 1 aliphatic heterocycles. The van der Waals surface area contributed by atoms with Gasteiger partial charge < -0.3 is 28.4 Å². The van der Waals surface area contributed by atoms with Crippen LogP contribution in [0.2, 0.25) is 0 Å². The first kappa shape index (κ1) is 22.4. The molecule has 0 spiro atoms. The Kier molecular flexibility index (Phi) is 7.26. The minimum atomic E-state index is -0.220. The molecule has 33 heavy (non-hydrogen) atoms. The lowest BCUT2D eigenvalue weighted by molar-refractivity contribution is -0.133. The van der Waals surface area contributed by atoms with Crippen molar-refractivity contribution in [3.8, 4) is 11.5 Å². The van der Waals surface area contributed by atoms with Gasteiger partial charge in [-0.05, 0) is 42.0 Å². The summed E-state index contributed by atoms with van der Waals surface area (Å²) in [5.41, 5.74) is 1.41. The number of ether oxygens (including phenoxy) is 3. The Balaban J connectivity index is 1.52. The number of carbonyl (C=O) groups is 2. The van der Waals surface area contributed by atoms with E-state index in [4.69, 9.17) is 18.6 Å². The maximum Gasteiger partial charge on any atom is 0.254 e. The summed E-state index contributed by atoms with van der Waals surface area (Å²) in [6.45, 7) is 1.33. The van der Waals surface area contributed by atoms with Crippen LogP contribution < -0.4 is 9.47 Å². The van der Waals surface area contributed by atoms with Crippen molar-refractivity contribution in [1.29, 1.82) is 0 Å². The molecule has 0 saturated carbocycles. The van der Waals surface area contributed by atoms with Gasteiger partial charge in [0.1, 0.15) is 12.3 Å². The van der Waals surface area contributed by atoms with Crippen molar-refractivity contribution in [1.82, 2.24) is 9.80 Å². The van der Waals surface area contributed by atoms with Gasteiger partial charge in [-0.2, -0.15) is 0 Å². The highest BCUT2D eigenvalue weighted by molar-refractivity contribution is 5.96. The Bertz CT molecular complexity index is 1070. The molecule has 1 aliphatic rings. The van der Waals surface area contributed by atoms with Crippen molar-refractivity contribution >= 4 is 11.8 Å². The molecule has 3 aromatic rings. The van der Waals surface area contributed by atoms with E-state index in [1.807, 2.05) is 30.3 Å². The lowest BCUT2D eigenvalue weighted by atomic mass is 10.1. The topological polar surface area (TPSA) is 81.5 Å². The third kappa shape index (κ3) is 5.72. The third-order valence-electron chi connectivity index (χ3n) is 5.29. The van der Waals surface area contributed by atoms with Crippen LogP contribution in [0.15, 0.2) is 71.3 Å². The van der Waals surface area contributed by atoms with Crippen molar-refractivity contribution in [2.75, 3.05) is 33.6 Å². The van der Waals surface area contributed by atoms with E-state index in [2.05, 4.69) is 0 Å². The van der Waals surface area contributed by atoms with Crippen LogP contribution in [0.25, 0.3) is 0 Å². The van der Waals surface area contributed by atoms with Crippen molar-refractivity contribution in [3.63, 3.8) is 0 Å². The minimum Gasteiger partial charge on any atom is -0.467 e. The number of furan rings is 1. The van der Waals surface area contributed by atoms with Gasteiger partial charge in [0.05, 0.1) is 19.4 Å². The molecule has 0 bridgehead atoms. The molecular weight excluding hydrogens is 424 g/mol. The highest BCUT2D eigenvalue weighted by Gasteiger charge is 2.24. The lowest BCUT2D eigenvalue weighted by Crippen LogP contribution is -2.43. The number of nitrogens with zero attached hydrogens (tertiary/aromatic N) is 2. The number of benzene rings is 2. The number of amides is 2. The second-order valence-corrected chi connectivity index (χ2v) is 7.60. The Hall–Kier alpha value is -3.78. The molecule has 2 aromatic carbocycles. The van der Waals surface area contributed by atoms with E-state index in [9.17, 15) is 9.59 Å². The summed E-state index contributed by atoms with van der Waals surface area (Å²) in [5, 5.41) is 0. The maximum atomic E-state index is 13.4. The summed E-state index contributed by atoms with van der Waals surface area (Å²) in [6, 6.07) is 18.1. The summed E-state index contributed by atoms with van der Waals surface area (Å²) >= 11 is 0. The second kappa shape index (κ2) is 10.7. The van der Waals surface area contributed by atoms with Crippen LogP contribution in [0.4, 0.5) is 0 Å². The van der Waals surface area contributed by atoms with Gasteiger partial charge in [0.15, 0.2) is 11.5 Å². The van der Waals surface area contributed by atoms with Gasteiger partial charge in [0, 0.05) is 25.8 Å². The van der Waals surface area contributed by atoms with Gasteiger partial charge >= 0.3 is 0 Å². The van der Waals surface area contributed by atoms with Crippen LogP contribution in [-0.2, 0) is 22.6 Å².